The van der Waals surface area contributed by atoms with Gasteiger partial charge in [0, 0.05) is 0 Å². The smallest absolute Gasteiger partial charge is 0.415 e. The lowest BCUT2D eigenvalue weighted by atomic mass is 10.4. The summed E-state index contributed by atoms with van der Waals surface area (Å²) in [6.07, 6.45) is 0. The van der Waals surface area contributed by atoms with E-state index in [1.165, 1.54) is 4.79 Å². The largest absolute Gasteiger partial charge is 0.458 e. The number of carbonyl (C=O) groups excluding carboxylic acids is 1. The number of nitrogens with two attached hydrogens (primary N) is 1. The fourth-order valence-corrected chi connectivity index (χ4v) is 1.58. The Kier molecular flexibility index (Phi) is 3.43. The molecular weight excluding hydrogens is 228 g/mol. The van der Waals surface area contributed by atoms with Crippen molar-refractivity contribution in [2.75, 3.05) is 43.7 Å². The van der Waals surface area contributed by atoms with Crippen LogP contribution >= 0.6 is 0 Å². The molecule has 1 saturated heterocycles. The average molecular weight is 243 g/mol. The molecule has 2 heterocycles. The predicted molar refractivity (Wildman–Crippen MR) is 55.8 cm³/mol. The molecule has 8 nitrogen and oxygen atoms in total. The zero-order valence-corrected chi connectivity index (χ0v) is 9.59. The van der Waals surface area contributed by atoms with Crippen molar-refractivity contribution in [3.63, 3.8) is 0 Å². The standard InChI is InChI=1S/C9H14N4O4/c1-2-16-9(14)7-8(10)17-11-13(7)12-3-5-15-6-4-12/h2-6H2,1H3,(H-,10,11,14)/p+1. The molecule has 0 atom stereocenters. The molecule has 1 aromatic heterocycles. The maximum Gasteiger partial charge on any atom is 0.415 e. The van der Waals surface area contributed by atoms with E-state index in [1.54, 1.807) is 6.92 Å². The third kappa shape index (κ3) is 2.31. The van der Waals surface area contributed by atoms with Gasteiger partial charge in [-0.15, -0.1) is 5.01 Å². The highest BCUT2D eigenvalue weighted by Gasteiger charge is 2.37. The van der Waals surface area contributed by atoms with E-state index in [0.29, 0.717) is 26.3 Å². The van der Waals surface area contributed by atoms with Gasteiger partial charge in [0.2, 0.25) is 5.27 Å². The second-order valence-electron chi connectivity index (χ2n) is 3.46. The molecule has 0 aromatic carbocycles. The van der Waals surface area contributed by atoms with Crippen LogP contribution in [0.4, 0.5) is 5.88 Å². The van der Waals surface area contributed by atoms with Crippen LogP contribution in [0.5, 0.6) is 0 Å². The third-order valence-corrected chi connectivity index (χ3v) is 2.37. The Morgan fingerprint density at radius 1 is 1.59 bits per heavy atom. The molecule has 0 aliphatic carbocycles. The highest BCUT2D eigenvalue weighted by molar-refractivity contribution is 5.89. The summed E-state index contributed by atoms with van der Waals surface area (Å²) in [5, 5.41) is 5.54. The van der Waals surface area contributed by atoms with Crippen molar-refractivity contribution >= 4 is 11.9 Å². The Balaban J connectivity index is 2.24. The summed E-state index contributed by atoms with van der Waals surface area (Å²) in [6.45, 7) is 4.36. The second-order valence-corrected chi connectivity index (χ2v) is 3.46. The van der Waals surface area contributed by atoms with Crippen LogP contribution in [0.15, 0.2) is 4.52 Å². The van der Waals surface area contributed by atoms with Crippen molar-refractivity contribution in [2.24, 2.45) is 0 Å². The third-order valence-electron chi connectivity index (χ3n) is 2.37. The number of hydrogen-bond acceptors (Lipinski definition) is 7. The van der Waals surface area contributed by atoms with E-state index in [4.69, 9.17) is 19.7 Å². The number of anilines is 1. The highest BCUT2D eigenvalue weighted by atomic mass is 16.5. The summed E-state index contributed by atoms with van der Waals surface area (Å²) in [6, 6.07) is 0. The topological polar surface area (TPSA) is 94.7 Å². The van der Waals surface area contributed by atoms with Crippen LogP contribution in [-0.4, -0.2) is 44.2 Å². The SMILES string of the molecule is CCOC(=O)c1c(N)on[n+]1N1CCOCC1. The minimum Gasteiger partial charge on any atom is -0.458 e. The lowest BCUT2D eigenvalue weighted by molar-refractivity contribution is -0.761. The van der Waals surface area contributed by atoms with E-state index in [9.17, 15) is 4.79 Å². The normalized spacial score (nSPS) is 15.9. The molecule has 0 unspecified atom stereocenters. The van der Waals surface area contributed by atoms with E-state index < -0.39 is 5.97 Å². The fourth-order valence-electron chi connectivity index (χ4n) is 1.58. The quantitative estimate of drug-likeness (QED) is 0.520. The van der Waals surface area contributed by atoms with E-state index in [2.05, 4.69) is 5.27 Å². The molecule has 17 heavy (non-hydrogen) atoms. The summed E-state index contributed by atoms with van der Waals surface area (Å²) in [4.78, 5) is 13.1. The van der Waals surface area contributed by atoms with Gasteiger partial charge in [-0.1, -0.05) is 0 Å². The Morgan fingerprint density at radius 2 is 2.29 bits per heavy atom. The van der Waals surface area contributed by atoms with Gasteiger partial charge >= 0.3 is 17.5 Å². The van der Waals surface area contributed by atoms with Crippen molar-refractivity contribution in [1.82, 2.24) is 5.27 Å². The zero-order chi connectivity index (χ0) is 12.3. The minimum absolute atomic E-state index is 0.0464. The molecule has 0 radical (unpaired) electrons. The van der Waals surface area contributed by atoms with E-state index in [0.717, 1.165) is 0 Å². The van der Waals surface area contributed by atoms with E-state index in [1.807, 2.05) is 5.01 Å². The van der Waals surface area contributed by atoms with Gasteiger partial charge in [-0.3, -0.25) is 4.52 Å². The first-order chi connectivity index (χ1) is 8.24. The summed E-state index contributed by atoms with van der Waals surface area (Å²) >= 11 is 0. The summed E-state index contributed by atoms with van der Waals surface area (Å²) in [5.74, 6) is -0.590. The molecule has 0 bridgehead atoms. The molecule has 8 heteroatoms. The van der Waals surface area contributed by atoms with Crippen LogP contribution in [0.2, 0.25) is 0 Å². The molecule has 1 aromatic rings. The van der Waals surface area contributed by atoms with E-state index in [-0.39, 0.29) is 18.2 Å². The zero-order valence-electron chi connectivity index (χ0n) is 9.59. The Bertz CT molecular complexity index is 400. The van der Waals surface area contributed by atoms with Crippen molar-refractivity contribution in [3.05, 3.63) is 5.69 Å². The number of hydrogen-bond donors (Lipinski definition) is 1. The van der Waals surface area contributed by atoms with Crippen molar-refractivity contribution in [1.29, 1.82) is 0 Å². The van der Waals surface area contributed by atoms with Gasteiger partial charge in [0.25, 0.3) is 0 Å². The first kappa shape index (κ1) is 11.6. The van der Waals surface area contributed by atoms with Crippen molar-refractivity contribution in [2.45, 2.75) is 6.92 Å². The molecule has 1 aliphatic rings. The van der Waals surface area contributed by atoms with Crippen LogP contribution in [0, 0.1) is 0 Å². The Hall–Kier alpha value is -1.83. The molecular formula is C9H15N4O4+. The van der Waals surface area contributed by atoms with Gasteiger partial charge in [0.1, 0.15) is 0 Å². The molecule has 94 valence electrons. The number of carbonyl (C=O) groups is 1. The van der Waals surface area contributed by atoms with Gasteiger partial charge in [0.05, 0.1) is 37.7 Å². The van der Waals surface area contributed by atoms with Crippen LogP contribution < -0.4 is 15.5 Å². The molecule has 0 saturated carbocycles. The maximum absolute atomic E-state index is 11.7. The second kappa shape index (κ2) is 5.00. The predicted octanol–water partition coefficient (Wildman–Crippen LogP) is -1.31. The number of morpholine rings is 1. The molecule has 1 aliphatic heterocycles. The van der Waals surface area contributed by atoms with Crippen molar-refractivity contribution in [3.8, 4) is 0 Å². The molecule has 1 fully saturated rings. The highest BCUT2D eigenvalue weighted by Crippen LogP contribution is 2.07. The first-order valence-electron chi connectivity index (χ1n) is 5.41. The van der Waals surface area contributed by atoms with Gasteiger partial charge in [-0.2, -0.15) is 0 Å². The van der Waals surface area contributed by atoms with Crippen LogP contribution in [0.1, 0.15) is 17.4 Å². The monoisotopic (exact) mass is 243 g/mol. The maximum atomic E-state index is 11.7. The number of aromatic nitrogens is 2. The molecule has 2 N–H and O–H groups in total. The minimum atomic E-state index is -0.544. The molecule has 0 spiro atoms. The fraction of sp³-hybridized carbons (Fsp3) is 0.667. The van der Waals surface area contributed by atoms with Gasteiger partial charge in [-0.25, -0.2) is 4.79 Å². The lowest BCUT2D eigenvalue weighted by Crippen LogP contribution is -2.65. The van der Waals surface area contributed by atoms with Gasteiger partial charge in [0.15, 0.2) is 0 Å². The summed E-state index contributed by atoms with van der Waals surface area (Å²) in [5.41, 5.74) is 5.69. The number of esters is 1. The number of rotatable bonds is 3. The number of ether oxygens (including phenoxy) is 2. The lowest BCUT2D eigenvalue weighted by Gasteiger charge is -2.19. The van der Waals surface area contributed by atoms with Crippen molar-refractivity contribution < 1.29 is 23.6 Å². The van der Waals surface area contributed by atoms with Gasteiger partial charge in [-0.05, 0) is 6.92 Å². The summed E-state index contributed by atoms with van der Waals surface area (Å²) in [7, 11) is 0. The molecule has 2 rings (SSSR count). The first-order valence-corrected chi connectivity index (χ1v) is 5.41. The number of nitrogens with zero attached hydrogens (tertiary/aromatic N) is 3. The summed E-state index contributed by atoms with van der Waals surface area (Å²) < 4.78 is 14.9. The Morgan fingerprint density at radius 3 is 2.94 bits per heavy atom. The van der Waals surface area contributed by atoms with Crippen LogP contribution in [0.25, 0.3) is 0 Å². The van der Waals surface area contributed by atoms with E-state index >= 15 is 0 Å². The molecule has 0 amide bonds. The number of nitrogen functional groups attached to an aromatic ring is 1. The average Bonchev–Trinajstić information content (AvgIpc) is 2.73. The Labute approximate surface area is 97.8 Å². The van der Waals surface area contributed by atoms with Gasteiger partial charge < -0.3 is 15.2 Å². The van der Waals surface area contributed by atoms with Crippen LogP contribution in [-0.2, 0) is 9.47 Å². The van der Waals surface area contributed by atoms with Crippen LogP contribution in [0.3, 0.4) is 0 Å².